The molecule has 1 fully saturated rings. The second-order valence-corrected chi connectivity index (χ2v) is 10.3. The van der Waals surface area contributed by atoms with Crippen LogP contribution in [0.15, 0.2) is 24.3 Å². The van der Waals surface area contributed by atoms with Crippen molar-refractivity contribution in [3.8, 4) is 0 Å². The monoisotopic (exact) mass is 565 g/mol. The zero-order valence-electron chi connectivity index (χ0n) is 22.7. The van der Waals surface area contributed by atoms with Crippen LogP contribution in [0.2, 0.25) is 0 Å². The molecule has 0 bridgehead atoms. The molecule has 1 aromatic rings. The highest BCUT2D eigenvalue weighted by molar-refractivity contribution is 8.00. The Kier molecular flexibility index (Phi) is 15.2. The molecule has 0 saturated carbocycles. The fraction of sp³-hybridized carbons (Fsp3) is 0.593. The molecule has 0 aromatic heterocycles. The molecule has 11 nitrogen and oxygen atoms in total. The predicted molar refractivity (Wildman–Crippen MR) is 149 cm³/mol. The molecule has 1 aliphatic rings. The Morgan fingerprint density at radius 3 is 2.41 bits per heavy atom. The fourth-order valence-electron chi connectivity index (χ4n) is 3.75. The van der Waals surface area contributed by atoms with E-state index in [0.717, 1.165) is 30.6 Å². The van der Waals surface area contributed by atoms with Crippen molar-refractivity contribution in [2.45, 2.75) is 57.1 Å². The first-order chi connectivity index (χ1) is 18.8. The van der Waals surface area contributed by atoms with Crippen molar-refractivity contribution in [1.29, 1.82) is 0 Å². The number of hydrogen-bond acceptors (Lipinski definition) is 9. The lowest BCUT2D eigenvalue weighted by molar-refractivity contribution is -0.122. The number of rotatable bonds is 19. The van der Waals surface area contributed by atoms with Crippen LogP contribution in [-0.4, -0.2) is 80.7 Å². The van der Waals surface area contributed by atoms with Gasteiger partial charge in [-0.25, -0.2) is 9.69 Å². The third-order valence-electron chi connectivity index (χ3n) is 5.80. The van der Waals surface area contributed by atoms with E-state index in [2.05, 4.69) is 10.6 Å². The highest BCUT2D eigenvalue weighted by atomic mass is 32.2. The average molecular weight is 566 g/mol. The number of ether oxygens (including phenoxy) is 3. The lowest BCUT2D eigenvalue weighted by Gasteiger charge is -2.15. The van der Waals surface area contributed by atoms with Gasteiger partial charge in [-0.05, 0) is 44.0 Å². The van der Waals surface area contributed by atoms with E-state index >= 15 is 0 Å². The topological polar surface area (TPSA) is 140 Å². The molecule has 216 valence electrons. The number of nitrogens with zero attached hydrogens (tertiary/aromatic N) is 1. The van der Waals surface area contributed by atoms with Crippen LogP contribution in [0, 0.1) is 0 Å². The first-order valence-electron chi connectivity index (χ1n) is 13.2. The number of amides is 4. The number of carbonyl (C=O) groups is 5. The molecule has 2 rings (SSSR count). The molecule has 2 N–H and O–H groups in total. The SMILES string of the molecule is COCCOCCOC(=O)Nc1ccc(N2C(=O)CC(SCCC(=O)NCCCCCCC(C)=O)C2=O)cc1. The van der Waals surface area contributed by atoms with Crippen molar-refractivity contribution in [2.24, 2.45) is 0 Å². The average Bonchev–Trinajstić information content (AvgIpc) is 3.18. The number of nitrogens with one attached hydrogen (secondary N) is 2. The van der Waals surface area contributed by atoms with Crippen LogP contribution >= 0.6 is 11.8 Å². The maximum atomic E-state index is 12.9. The molecule has 1 saturated heterocycles. The number of Topliss-reactive ketones (excluding diaryl/α,β-unsaturated/α-hetero) is 1. The Labute approximate surface area is 233 Å². The van der Waals surface area contributed by atoms with Gasteiger partial charge in [-0.2, -0.15) is 0 Å². The molecule has 12 heteroatoms. The molecule has 4 amide bonds. The second kappa shape index (κ2) is 18.3. The normalized spacial score (nSPS) is 14.9. The highest BCUT2D eigenvalue weighted by Crippen LogP contribution is 2.30. The lowest BCUT2D eigenvalue weighted by Crippen LogP contribution is -2.31. The van der Waals surface area contributed by atoms with E-state index in [9.17, 15) is 24.0 Å². The van der Waals surface area contributed by atoms with E-state index in [-0.39, 0.29) is 49.6 Å². The molecular weight excluding hydrogens is 526 g/mol. The second-order valence-electron chi connectivity index (χ2n) is 9.01. The van der Waals surface area contributed by atoms with Crippen molar-refractivity contribution < 1.29 is 38.2 Å². The highest BCUT2D eigenvalue weighted by Gasteiger charge is 2.39. The Morgan fingerprint density at radius 1 is 0.974 bits per heavy atom. The van der Waals surface area contributed by atoms with Crippen LogP contribution in [-0.2, 0) is 33.4 Å². The molecule has 0 radical (unpaired) electrons. The first kappa shape index (κ1) is 32.3. The predicted octanol–water partition coefficient (Wildman–Crippen LogP) is 3.31. The van der Waals surface area contributed by atoms with Gasteiger partial charge in [-0.15, -0.1) is 11.8 Å². The number of imide groups is 1. The zero-order chi connectivity index (χ0) is 28.5. The summed E-state index contributed by atoms with van der Waals surface area (Å²) in [5.74, 6) is -0.0670. The van der Waals surface area contributed by atoms with Gasteiger partial charge in [0.05, 0.1) is 30.8 Å². The largest absolute Gasteiger partial charge is 0.447 e. The zero-order valence-corrected chi connectivity index (χ0v) is 23.5. The van der Waals surface area contributed by atoms with Crippen molar-refractivity contribution in [3.05, 3.63) is 24.3 Å². The summed E-state index contributed by atoms with van der Waals surface area (Å²) in [7, 11) is 1.57. The maximum Gasteiger partial charge on any atom is 0.411 e. The Bertz CT molecular complexity index is 957. The number of hydrogen-bond donors (Lipinski definition) is 2. The van der Waals surface area contributed by atoms with E-state index in [4.69, 9.17) is 14.2 Å². The minimum Gasteiger partial charge on any atom is -0.447 e. The third-order valence-corrected chi connectivity index (χ3v) is 7.01. The van der Waals surface area contributed by atoms with E-state index < -0.39 is 11.3 Å². The van der Waals surface area contributed by atoms with E-state index in [0.29, 0.717) is 43.3 Å². The van der Waals surface area contributed by atoms with Crippen molar-refractivity contribution in [1.82, 2.24) is 5.32 Å². The minimum atomic E-state index is -0.642. The molecular formula is C27H39N3O8S. The van der Waals surface area contributed by atoms with Crippen LogP contribution < -0.4 is 15.5 Å². The molecule has 1 atom stereocenters. The van der Waals surface area contributed by atoms with Crippen LogP contribution in [0.4, 0.5) is 16.2 Å². The summed E-state index contributed by atoms with van der Waals surface area (Å²) in [6.07, 6.45) is 3.98. The number of thioether (sulfide) groups is 1. The van der Waals surface area contributed by atoms with Crippen molar-refractivity contribution >= 4 is 52.7 Å². The number of anilines is 2. The summed E-state index contributed by atoms with van der Waals surface area (Å²) in [4.78, 5) is 61.4. The number of ketones is 1. The molecule has 1 aromatic carbocycles. The molecule has 0 aliphatic carbocycles. The summed E-state index contributed by atoms with van der Waals surface area (Å²) in [6, 6.07) is 6.33. The Hall–Kier alpha value is -2.96. The van der Waals surface area contributed by atoms with E-state index in [1.807, 2.05) is 0 Å². The van der Waals surface area contributed by atoms with Gasteiger partial charge in [-0.3, -0.25) is 19.7 Å². The van der Waals surface area contributed by atoms with Crippen LogP contribution in [0.3, 0.4) is 0 Å². The van der Waals surface area contributed by atoms with Crippen LogP contribution in [0.1, 0.15) is 51.9 Å². The first-order valence-corrected chi connectivity index (χ1v) is 14.2. The minimum absolute atomic E-state index is 0.0736. The smallest absolute Gasteiger partial charge is 0.411 e. The Balaban J connectivity index is 1.67. The Morgan fingerprint density at radius 2 is 1.69 bits per heavy atom. The molecule has 1 heterocycles. The van der Waals surface area contributed by atoms with Gasteiger partial charge in [0.25, 0.3) is 0 Å². The number of methoxy groups -OCH3 is 1. The number of unbranched alkanes of at least 4 members (excludes halogenated alkanes) is 3. The van der Waals surface area contributed by atoms with E-state index in [1.54, 1.807) is 38.3 Å². The summed E-state index contributed by atoms with van der Waals surface area (Å²) in [5.41, 5.74) is 0.871. The molecule has 0 spiro atoms. The maximum absolute atomic E-state index is 12.9. The fourth-order valence-corrected chi connectivity index (χ4v) is 4.85. The summed E-state index contributed by atoms with van der Waals surface area (Å²) >= 11 is 1.31. The summed E-state index contributed by atoms with van der Waals surface area (Å²) < 4.78 is 15.1. The van der Waals surface area contributed by atoms with Gasteiger partial charge in [0.2, 0.25) is 17.7 Å². The molecule has 1 unspecified atom stereocenters. The van der Waals surface area contributed by atoms with Gasteiger partial charge in [0, 0.05) is 44.4 Å². The van der Waals surface area contributed by atoms with Crippen molar-refractivity contribution in [2.75, 3.05) is 56.1 Å². The lowest BCUT2D eigenvalue weighted by atomic mass is 10.1. The summed E-state index contributed by atoms with van der Waals surface area (Å²) in [6.45, 7) is 3.40. The van der Waals surface area contributed by atoms with Crippen LogP contribution in [0.5, 0.6) is 0 Å². The van der Waals surface area contributed by atoms with E-state index in [1.165, 1.54) is 11.8 Å². The third kappa shape index (κ3) is 12.6. The van der Waals surface area contributed by atoms with Gasteiger partial charge in [0.1, 0.15) is 12.4 Å². The van der Waals surface area contributed by atoms with Crippen LogP contribution in [0.25, 0.3) is 0 Å². The van der Waals surface area contributed by atoms with Crippen molar-refractivity contribution in [3.63, 3.8) is 0 Å². The van der Waals surface area contributed by atoms with Gasteiger partial charge >= 0.3 is 6.09 Å². The van der Waals surface area contributed by atoms with Gasteiger partial charge in [-0.1, -0.05) is 12.8 Å². The standard InChI is InChI=1S/C27H39N3O8S/c1-20(31)7-5-3-4-6-13-28-24(32)12-18-39-23-19-25(33)30(26(23)34)22-10-8-21(9-11-22)29-27(35)38-17-16-37-15-14-36-2/h8-11,23H,3-7,12-19H2,1-2H3,(H,28,32)(H,29,35). The van der Waals surface area contributed by atoms with Gasteiger partial charge in [0.15, 0.2) is 0 Å². The quantitative estimate of drug-likeness (QED) is 0.191. The number of carbonyl (C=O) groups excluding carboxylic acids is 5. The summed E-state index contributed by atoms with van der Waals surface area (Å²) in [5, 5.41) is 4.91. The molecule has 1 aliphatic heterocycles. The van der Waals surface area contributed by atoms with Gasteiger partial charge < -0.3 is 24.3 Å². The molecule has 39 heavy (non-hydrogen) atoms. The number of benzene rings is 1.